The fourth-order valence-corrected chi connectivity index (χ4v) is 3.22. The zero-order valence-electron chi connectivity index (χ0n) is 13.5. The number of rotatable bonds is 2. The molecule has 1 aromatic heterocycles. The summed E-state index contributed by atoms with van der Waals surface area (Å²) in [7, 11) is 0. The molecular weight excluding hydrogens is 310 g/mol. The molecule has 3 heterocycles. The minimum atomic E-state index is -0.452. The van der Waals surface area contributed by atoms with Crippen LogP contribution in [0.1, 0.15) is 0 Å². The minimum absolute atomic E-state index is 0.00206. The highest BCUT2D eigenvalue weighted by Gasteiger charge is 2.39. The van der Waals surface area contributed by atoms with E-state index in [0.29, 0.717) is 39.5 Å². The van der Waals surface area contributed by atoms with Crippen molar-refractivity contribution in [3.8, 4) is 0 Å². The number of benzene rings is 1. The fraction of sp³-hybridized carbons (Fsp3) is 0.562. The predicted octanol–water partition coefficient (Wildman–Crippen LogP) is -0.351. The van der Waals surface area contributed by atoms with Crippen LogP contribution in [0.2, 0.25) is 0 Å². The lowest BCUT2D eigenvalue weighted by atomic mass is 10.0. The van der Waals surface area contributed by atoms with E-state index in [9.17, 15) is 4.79 Å². The van der Waals surface area contributed by atoms with E-state index >= 15 is 0 Å². The van der Waals surface area contributed by atoms with E-state index in [1.54, 1.807) is 0 Å². The first-order valence-corrected chi connectivity index (χ1v) is 8.24. The number of aromatic nitrogens is 3. The maximum Gasteiger partial charge on any atom is 0.246 e. The molecule has 1 N–H and O–H groups in total. The number of nitrogens with zero attached hydrogens (tertiary/aromatic N) is 4. The number of ether oxygens (including phenoxy) is 2. The number of morpholine rings is 1. The topological polar surface area (TPSA) is 81.5 Å². The number of nitrogens with one attached hydrogen (secondary N) is 1. The van der Waals surface area contributed by atoms with E-state index in [-0.39, 0.29) is 12.5 Å². The van der Waals surface area contributed by atoms with Gasteiger partial charge in [-0.05, 0) is 12.1 Å². The molecule has 0 radical (unpaired) electrons. The molecule has 0 aliphatic carbocycles. The third-order valence-electron chi connectivity index (χ3n) is 4.44. The molecule has 1 spiro atoms. The predicted molar refractivity (Wildman–Crippen MR) is 86.5 cm³/mol. The van der Waals surface area contributed by atoms with Gasteiger partial charge in [0.2, 0.25) is 5.91 Å². The fourth-order valence-electron chi connectivity index (χ4n) is 3.22. The summed E-state index contributed by atoms with van der Waals surface area (Å²) in [5, 5.41) is 12.0. The van der Waals surface area contributed by atoms with Crippen LogP contribution in [0.25, 0.3) is 11.0 Å². The molecule has 1 amide bonds. The average Bonchev–Trinajstić information content (AvgIpc) is 2.87. The lowest BCUT2D eigenvalue weighted by molar-refractivity contribution is -0.159. The van der Waals surface area contributed by atoms with Crippen LogP contribution in [0.15, 0.2) is 24.3 Å². The summed E-state index contributed by atoms with van der Waals surface area (Å²) in [4.78, 5) is 16.0. The molecule has 2 fully saturated rings. The normalized spacial score (nSPS) is 25.1. The Morgan fingerprint density at radius 3 is 2.83 bits per heavy atom. The number of hydrogen-bond donors (Lipinski definition) is 1. The molecule has 2 aliphatic rings. The van der Waals surface area contributed by atoms with Gasteiger partial charge in [0.1, 0.15) is 23.2 Å². The van der Waals surface area contributed by atoms with Crippen LogP contribution < -0.4 is 5.32 Å². The first kappa shape index (κ1) is 15.5. The number of carbonyl (C=O) groups is 1. The second-order valence-corrected chi connectivity index (χ2v) is 6.30. The van der Waals surface area contributed by atoms with Crippen molar-refractivity contribution in [2.24, 2.45) is 0 Å². The summed E-state index contributed by atoms with van der Waals surface area (Å²) >= 11 is 0. The van der Waals surface area contributed by atoms with Gasteiger partial charge >= 0.3 is 0 Å². The number of fused-ring (bicyclic) bond motifs is 1. The monoisotopic (exact) mass is 331 g/mol. The maximum atomic E-state index is 12.7. The van der Waals surface area contributed by atoms with E-state index in [1.165, 1.54) is 4.80 Å². The molecule has 0 saturated carbocycles. The minimum Gasteiger partial charge on any atom is -0.377 e. The van der Waals surface area contributed by atoms with Gasteiger partial charge in [0, 0.05) is 19.6 Å². The number of hydrogen-bond acceptors (Lipinski definition) is 6. The van der Waals surface area contributed by atoms with Crippen LogP contribution >= 0.6 is 0 Å². The smallest absolute Gasteiger partial charge is 0.246 e. The van der Waals surface area contributed by atoms with E-state index in [0.717, 1.165) is 17.6 Å². The highest BCUT2D eigenvalue weighted by atomic mass is 16.5. The van der Waals surface area contributed by atoms with Crippen LogP contribution in [0.5, 0.6) is 0 Å². The van der Waals surface area contributed by atoms with Crippen molar-refractivity contribution in [3.63, 3.8) is 0 Å². The standard InChI is InChI=1S/C16H21N5O3/c22-15(9-21-18-13-3-1-2-4-14(13)19-21)20-6-8-24-16(11-20)10-17-5-7-23-12-16/h1-4,17H,5-12H2/t16-/m1/s1. The molecule has 2 aromatic rings. The third kappa shape index (κ3) is 3.12. The summed E-state index contributed by atoms with van der Waals surface area (Å²) < 4.78 is 11.6. The molecule has 128 valence electrons. The van der Waals surface area contributed by atoms with Crippen LogP contribution in [-0.2, 0) is 20.8 Å². The van der Waals surface area contributed by atoms with Crippen LogP contribution in [0, 0.1) is 0 Å². The van der Waals surface area contributed by atoms with Gasteiger partial charge in [0.15, 0.2) is 0 Å². The van der Waals surface area contributed by atoms with Gasteiger partial charge in [-0.2, -0.15) is 15.0 Å². The highest BCUT2D eigenvalue weighted by molar-refractivity contribution is 5.77. The van der Waals surface area contributed by atoms with Crippen molar-refractivity contribution in [1.29, 1.82) is 0 Å². The average molecular weight is 331 g/mol. The van der Waals surface area contributed by atoms with E-state index in [1.807, 2.05) is 29.2 Å². The van der Waals surface area contributed by atoms with E-state index < -0.39 is 5.60 Å². The molecule has 24 heavy (non-hydrogen) atoms. The molecule has 0 unspecified atom stereocenters. The molecule has 0 bridgehead atoms. The van der Waals surface area contributed by atoms with Gasteiger partial charge in [0.25, 0.3) is 0 Å². The van der Waals surface area contributed by atoms with Crippen molar-refractivity contribution in [3.05, 3.63) is 24.3 Å². The summed E-state index contributed by atoms with van der Waals surface area (Å²) in [5.41, 5.74) is 1.14. The number of carbonyl (C=O) groups excluding carboxylic acids is 1. The number of amides is 1. The highest BCUT2D eigenvalue weighted by Crippen LogP contribution is 2.20. The summed E-state index contributed by atoms with van der Waals surface area (Å²) in [6, 6.07) is 7.60. The molecule has 8 heteroatoms. The molecule has 1 atom stereocenters. The lowest BCUT2D eigenvalue weighted by Gasteiger charge is -2.41. The van der Waals surface area contributed by atoms with Gasteiger partial charge < -0.3 is 19.7 Å². The Labute approximate surface area is 139 Å². The maximum absolute atomic E-state index is 12.7. The summed E-state index contributed by atoms with van der Waals surface area (Å²) in [6.45, 7) is 4.45. The molecule has 2 aliphatic heterocycles. The van der Waals surface area contributed by atoms with Gasteiger partial charge in [-0.15, -0.1) is 0 Å². The second-order valence-electron chi connectivity index (χ2n) is 6.30. The van der Waals surface area contributed by atoms with Crippen molar-refractivity contribution in [1.82, 2.24) is 25.2 Å². The van der Waals surface area contributed by atoms with Crippen LogP contribution in [0.3, 0.4) is 0 Å². The molecule has 4 rings (SSSR count). The van der Waals surface area contributed by atoms with Crippen LogP contribution in [-0.4, -0.2) is 77.4 Å². The van der Waals surface area contributed by atoms with Gasteiger partial charge in [-0.3, -0.25) is 4.79 Å². The first-order chi connectivity index (χ1) is 11.7. The molecule has 1 aromatic carbocycles. The molecule has 2 saturated heterocycles. The Morgan fingerprint density at radius 2 is 2.04 bits per heavy atom. The largest absolute Gasteiger partial charge is 0.377 e. The van der Waals surface area contributed by atoms with E-state index in [2.05, 4.69) is 15.5 Å². The van der Waals surface area contributed by atoms with Gasteiger partial charge in [-0.25, -0.2) is 0 Å². The molecule has 8 nitrogen and oxygen atoms in total. The SMILES string of the molecule is O=C(Cn1nc2ccccc2n1)N1CCO[C@]2(CNCCOC2)C1. The van der Waals surface area contributed by atoms with Crippen molar-refractivity contribution in [2.45, 2.75) is 12.1 Å². The molecular formula is C16H21N5O3. The Kier molecular flexibility index (Phi) is 4.17. The quantitative estimate of drug-likeness (QED) is 0.810. The Morgan fingerprint density at radius 1 is 1.25 bits per heavy atom. The Balaban J connectivity index is 1.45. The zero-order valence-corrected chi connectivity index (χ0v) is 13.5. The summed E-state index contributed by atoms with van der Waals surface area (Å²) in [6.07, 6.45) is 0. The van der Waals surface area contributed by atoms with Gasteiger partial charge in [-0.1, -0.05) is 12.1 Å². The van der Waals surface area contributed by atoms with Crippen molar-refractivity contribution in [2.75, 3.05) is 46.0 Å². The van der Waals surface area contributed by atoms with Crippen LogP contribution in [0.4, 0.5) is 0 Å². The Hall–Kier alpha value is -2.03. The lowest BCUT2D eigenvalue weighted by Crippen LogP contribution is -2.59. The third-order valence-corrected chi connectivity index (χ3v) is 4.44. The van der Waals surface area contributed by atoms with Gasteiger partial charge in [0.05, 0.1) is 26.4 Å². The van der Waals surface area contributed by atoms with Crippen molar-refractivity contribution < 1.29 is 14.3 Å². The second kappa shape index (κ2) is 6.46. The zero-order chi connectivity index (χ0) is 16.4. The van der Waals surface area contributed by atoms with Crippen molar-refractivity contribution >= 4 is 16.9 Å². The first-order valence-electron chi connectivity index (χ1n) is 8.24. The Bertz CT molecular complexity index is 690. The van der Waals surface area contributed by atoms with E-state index in [4.69, 9.17) is 9.47 Å². The summed E-state index contributed by atoms with van der Waals surface area (Å²) in [5.74, 6) is 0.00206.